The number of nitrogens with zero attached hydrogens (tertiary/aromatic N) is 4. The first-order valence-corrected chi connectivity index (χ1v) is 8.85. The second kappa shape index (κ2) is 8.73. The van der Waals surface area contributed by atoms with E-state index in [1.807, 2.05) is 13.8 Å². The summed E-state index contributed by atoms with van der Waals surface area (Å²) >= 11 is 3.19. The van der Waals surface area contributed by atoms with Crippen LogP contribution in [-0.4, -0.2) is 25.5 Å². The van der Waals surface area contributed by atoms with Crippen molar-refractivity contribution in [2.24, 2.45) is 5.73 Å². The molecular weight excluding hydrogens is 439 g/mol. The molecule has 144 valence electrons. The van der Waals surface area contributed by atoms with E-state index in [4.69, 9.17) is 5.73 Å². The zero-order valence-corrected chi connectivity index (χ0v) is 17.2. The highest BCUT2D eigenvalue weighted by atomic mass is 79.9. The Morgan fingerprint density at radius 1 is 1.33 bits per heavy atom. The van der Waals surface area contributed by atoms with Gasteiger partial charge in [-0.1, -0.05) is 15.9 Å². The van der Waals surface area contributed by atoms with E-state index >= 15 is 0 Å². The van der Waals surface area contributed by atoms with Crippen LogP contribution in [0.4, 0.5) is 10.1 Å². The largest absolute Gasteiger partial charge is 0.324 e. The van der Waals surface area contributed by atoms with E-state index in [1.54, 1.807) is 10.6 Å². The number of hydrogen-bond donors (Lipinski definition) is 2. The van der Waals surface area contributed by atoms with Crippen LogP contribution in [0.3, 0.4) is 0 Å². The maximum Gasteiger partial charge on any atom is 0.252 e. The number of carbonyl (C=O) groups is 1. The summed E-state index contributed by atoms with van der Waals surface area (Å²) in [4.78, 5) is 20.9. The zero-order chi connectivity index (χ0) is 18.8. The molecule has 2 heterocycles. The van der Waals surface area contributed by atoms with Gasteiger partial charge in [-0.05, 0) is 44.0 Å². The minimum Gasteiger partial charge on any atom is -0.324 e. The third-order valence-corrected chi connectivity index (χ3v) is 4.58. The van der Waals surface area contributed by atoms with Gasteiger partial charge in [-0.2, -0.15) is 4.98 Å². The summed E-state index contributed by atoms with van der Waals surface area (Å²) in [5, 5.41) is 6.90. The summed E-state index contributed by atoms with van der Waals surface area (Å²) in [5.41, 5.74) is 8.30. The van der Waals surface area contributed by atoms with E-state index in [9.17, 15) is 9.18 Å². The van der Waals surface area contributed by atoms with Crippen LogP contribution in [-0.2, 0) is 17.8 Å². The lowest BCUT2D eigenvalue weighted by atomic mass is 10.1. The highest BCUT2D eigenvalue weighted by molar-refractivity contribution is 9.10. The molecule has 3 N–H and O–H groups in total. The predicted molar refractivity (Wildman–Crippen MR) is 106 cm³/mol. The fourth-order valence-electron chi connectivity index (χ4n) is 2.74. The summed E-state index contributed by atoms with van der Waals surface area (Å²) in [6, 6.07) is 4.50. The lowest BCUT2D eigenvalue weighted by Crippen LogP contribution is -2.15. The van der Waals surface area contributed by atoms with Gasteiger partial charge >= 0.3 is 0 Å². The number of hydrogen-bond acceptors (Lipinski definition) is 5. The first kappa shape index (κ1) is 21.2. The van der Waals surface area contributed by atoms with Crippen LogP contribution in [0.5, 0.6) is 0 Å². The fraction of sp³-hybridized carbons (Fsp3) is 0.294. The van der Waals surface area contributed by atoms with Gasteiger partial charge in [0.1, 0.15) is 5.82 Å². The van der Waals surface area contributed by atoms with Gasteiger partial charge in [0.2, 0.25) is 5.91 Å². The van der Waals surface area contributed by atoms with Crippen molar-refractivity contribution in [1.29, 1.82) is 0 Å². The third-order valence-electron chi connectivity index (χ3n) is 4.08. The summed E-state index contributed by atoms with van der Waals surface area (Å²) in [6.45, 7) is 4.00. The highest BCUT2D eigenvalue weighted by Crippen LogP contribution is 2.20. The number of aryl methyl sites for hydroxylation is 2. The van der Waals surface area contributed by atoms with E-state index in [-0.39, 0.29) is 37.0 Å². The lowest BCUT2D eigenvalue weighted by molar-refractivity contribution is -0.116. The number of rotatable bonds is 5. The molecule has 1 aromatic carbocycles. The Bertz CT molecular complexity index is 993. The summed E-state index contributed by atoms with van der Waals surface area (Å²) in [6.07, 6.45) is 0.658. The summed E-state index contributed by atoms with van der Waals surface area (Å²) < 4.78 is 16.1. The molecule has 10 heteroatoms. The third kappa shape index (κ3) is 4.60. The van der Waals surface area contributed by atoms with Crippen LogP contribution >= 0.6 is 28.3 Å². The molecule has 0 aliphatic carbocycles. The molecule has 0 saturated heterocycles. The monoisotopic (exact) mass is 456 g/mol. The minimum absolute atomic E-state index is 0. The molecule has 0 spiro atoms. The molecule has 0 radical (unpaired) electrons. The van der Waals surface area contributed by atoms with E-state index in [1.165, 1.54) is 12.1 Å². The molecule has 0 unspecified atom stereocenters. The number of anilines is 1. The summed E-state index contributed by atoms with van der Waals surface area (Å²) in [5.74, 6) is 0.248. The summed E-state index contributed by atoms with van der Waals surface area (Å²) in [7, 11) is 0. The lowest BCUT2D eigenvalue weighted by Gasteiger charge is -2.11. The van der Waals surface area contributed by atoms with Crippen molar-refractivity contribution < 1.29 is 9.18 Å². The first-order valence-electron chi connectivity index (χ1n) is 8.05. The first-order chi connectivity index (χ1) is 12.4. The number of nitrogens with one attached hydrogen (secondary N) is 1. The molecule has 7 nitrogen and oxygen atoms in total. The quantitative estimate of drug-likeness (QED) is 0.613. The second-order valence-electron chi connectivity index (χ2n) is 5.88. The van der Waals surface area contributed by atoms with Crippen molar-refractivity contribution in [2.45, 2.75) is 33.2 Å². The van der Waals surface area contributed by atoms with Gasteiger partial charge in [-0.3, -0.25) is 4.79 Å². The molecule has 3 aromatic rings. The number of nitrogens with two attached hydrogens (primary N) is 1. The van der Waals surface area contributed by atoms with E-state index in [0.29, 0.717) is 22.5 Å². The van der Waals surface area contributed by atoms with Crippen molar-refractivity contribution in [3.63, 3.8) is 0 Å². The maximum absolute atomic E-state index is 13.8. The van der Waals surface area contributed by atoms with E-state index < -0.39 is 5.82 Å². The van der Waals surface area contributed by atoms with Crippen LogP contribution in [0.25, 0.3) is 5.78 Å². The van der Waals surface area contributed by atoms with Crippen LogP contribution in [0.15, 0.2) is 22.7 Å². The standard InChI is InChI=1S/C17H18BrFN6O.ClH/c1-9-12(10(2)25-17(21-9)23-15(8-20)24-25)4-6-16(26)22-14-5-3-11(18)7-13(14)19;/h3,5,7H,4,6,8,20H2,1-2H3,(H,22,26);1H. The van der Waals surface area contributed by atoms with Crippen LogP contribution in [0, 0.1) is 19.7 Å². The van der Waals surface area contributed by atoms with Gasteiger partial charge in [-0.25, -0.2) is 13.9 Å². The van der Waals surface area contributed by atoms with Gasteiger partial charge in [0.25, 0.3) is 5.78 Å². The molecule has 0 bridgehead atoms. The Balaban J connectivity index is 0.00000261. The topological polar surface area (TPSA) is 98.2 Å². The average molecular weight is 458 g/mol. The van der Waals surface area contributed by atoms with E-state index in [2.05, 4.69) is 36.3 Å². The van der Waals surface area contributed by atoms with Crippen molar-refractivity contribution in [1.82, 2.24) is 19.6 Å². The Hall–Kier alpha value is -2.10. The van der Waals surface area contributed by atoms with Gasteiger partial charge in [0.05, 0.1) is 12.2 Å². The van der Waals surface area contributed by atoms with Crippen LogP contribution in [0.1, 0.15) is 29.2 Å². The SMILES string of the molecule is Cc1nc2nc(CN)nn2c(C)c1CCC(=O)Nc1ccc(Br)cc1F.Cl. The molecule has 0 aliphatic heterocycles. The molecular formula is C17H19BrClFN6O. The molecule has 0 atom stereocenters. The van der Waals surface area contributed by atoms with Crippen LogP contribution < -0.4 is 11.1 Å². The minimum atomic E-state index is -0.486. The molecule has 3 rings (SSSR count). The molecule has 0 aliphatic rings. The van der Waals surface area contributed by atoms with Crippen molar-refractivity contribution in [3.05, 3.63) is 51.3 Å². The van der Waals surface area contributed by atoms with Crippen molar-refractivity contribution >= 4 is 45.7 Å². The number of aromatic nitrogens is 4. The number of halogens is 3. The molecule has 1 amide bonds. The van der Waals surface area contributed by atoms with Crippen LogP contribution in [0.2, 0.25) is 0 Å². The number of amides is 1. The number of benzene rings is 1. The van der Waals surface area contributed by atoms with Gasteiger partial charge in [0, 0.05) is 22.3 Å². The van der Waals surface area contributed by atoms with Crippen molar-refractivity contribution in [2.75, 3.05) is 5.32 Å². The average Bonchev–Trinajstić information content (AvgIpc) is 3.00. The molecule has 0 saturated carbocycles. The van der Waals surface area contributed by atoms with Gasteiger partial charge < -0.3 is 11.1 Å². The second-order valence-corrected chi connectivity index (χ2v) is 6.79. The molecule has 27 heavy (non-hydrogen) atoms. The fourth-order valence-corrected chi connectivity index (χ4v) is 3.07. The molecule has 2 aromatic heterocycles. The highest BCUT2D eigenvalue weighted by Gasteiger charge is 2.15. The maximum atomic E-state index is 13.8. The molecule has 0 fully saturated rings. The van der Waals surface area contributed by atoms with Gasteiger partial charge in [0.15, 0.2) is 5.82 Å². The van der Waals surface area contributed by atoms with Gasteiger partial charge in [-0.15, -0.1) is 17.5 Å². The Labute approximate surface area is 170 Å². The predicted octanol–water partition coefficient (Wildman–Crippen LogP) is 3.09. The normalized spacial score (nSPS) is 10.7. The number of fused-ring (bicyclic) bond motifs is 1. The Morgan fingerprint density at radius 2 is 2.07 bits per heavy atom. The Morgan fingerprint density at radius 3 is 2.74 bits per heavy atom. The smallest absolute Gasteiger partial charge is 0.252 e. The zero-order valence-electron chi connectivity index (χ0n) is 14.8. The Kier molecular flexibility index (Phi) is 6.85. The van der Waals surface area contributed by atoms with Crippen molar-refractivity contribution in [3.8, 4) is 0 Å². The van der Waals surface area contributed by atoms with E-state index in [0.717, 1.165) is 17.0 Å². The number of carbonyl (C=O) groups excluding carboxylic acids is 1.